The van der Waals surface area contributed by atoms with Crippen LogP contribution in [-0.4, -0.2) is 38.8 Å². The van der Waals surface area contributed by atoms with Crippen molar-refractivity contribution in [3.63, 3.8) is 0 Å². The van der Waals surface area contributed by atoms with Gasteiger partial charge in [0.1, 0.15) is 0 Å². The lowest BCUT2D eigenvalue weighted by Gasteiger charge is -2.34. The molecule has 4 unspecified atom stereocenters. The molecule has 4 nitrogen and oxygen atoms in total. The van der Waals surface area contributed by atoms with E-state index in [-0.39, 0.29) is 23.8 Å². The second kappa shape index (κ2) is 5.80. The first-order valence-corrected chi connectivity index (χ1v) is 6.35. The molecule has 0 aliphatic heterocycles. The lowest BCUT2D eigenvalue weighted by molar-refractivity contribution is 0.0389. The molecule has 5 heteroatoms. The molecule has 0 radical (unpaired) electrons. The van der Waals surface area contributed by atoms with E-state index in [1.54, 1.807) is 0 Å². The normalized spacial score (nSPS) is 35.5. The molecule has 1 fully saturated rings. The van der Waals surface area contributed by atoms with Gasteiger partial charge in [-0.2, -0.15) is 0 Å². The van der Waals surface area contributed by atoms with Crippen LogP contribution in [-0.2, 0) is 11.1 Å². The Balaban J connectivity index is 2.39. The first kappa shape index (κ1) is 12.1. The second-order valence-corrected chi connectivity index (χ2v) is 4.94. The van der Waals surface area contributed by atoms with E-state index in [4.69, 9.17) is 4.55 Å². The van der Waals surface area contributed by atoms with Gasteiger partial charge in [0.2, 0.25) is 0 Å². The summed E-state index contributed by atoms with van der Waals surface area (Å²) in [6.07, 6.45) is 3.33. The van der Waals surface area contributed by atoms with Crippen LogP contribution in [0.25, 0.3) is 0 Å². The summed E-state index contributed by atoms with van der Waals surface area (Å²) < 4.78 is 19.2. The first-order valence-electron chi connectivity index (χ1n) is 5.08. The lowest BCUT2D eigenvalue weighted by atomic mass is 9.81. The predicted octanol–water partition coefficient (Wildman–Crippen LogP) is 0.347. The molecule has 3 N–H and O–H groups in total. The van der Waals surface area contributed by atoms with E-state index in [1.165, 1.54) is 0 Å². The summed E-state index contributed by atoms with van der Waals surface area (Å²) in [6.45, 7) is 0. The summed E-state index contributed by atoms with van der Waals surface area (Å²) in [5, 5.41) is 13.0. The van der Waals surface area contributed by atoms with Crippen molar-refractivity contribution in [2.75, 3.05) is 12.8 Å². The third-order valence-electron chi connectivity index (χ3n) is 3.02. The number of hydrogen-bond acceptors (Lipinski definition) is 3. The van der Waals surface area contributed by atoms with Crippen LogP contribution in [0, 0.1) is 5.92 Å². The van der Waals surface area contributed by atoms with Crippen molar-refractivity contribution in [3.8, 4) is 0 Å². The van der Waals surface area contributed by atoms with Crippen LogP contribution in [0.2, 0.25) is 0 Å². The minimum Gasteiger partial charge on any atom is -0.391 e. The molecule has 0 saturated heterocycles. The minimum absolute atomic E-state index is 0.154. The topological polar surface area (TPSA) is 69.6 Å². The molecule has 4 atom stereocenters. The molecule has 0 aromatic carbocycles. The Kier molecular flexibility index (Phi) is 5.01. The highest BCUT2D eigenvalue weighted by Gasteiger charge is 2.30. The molecule has 0 heterocycles. The van der Waals surface area contributed by atoms with E-state index in [2.05, 4.69) is 5.32 Å². The van der Waals surface area contributed by atoms with Crippen LogP contribution in [0.15, 0.2) is 0 Å². The van der Waals surface area contributed by atoms with Gasteiger partial charge < -0.3 is 15.0 Å². The maximum atomic E-state index is 10.5. The van der Waals surface area contributed by atoms with Crippen LogP contribution in [0.1, 0.15) is 25.7 Å². The van der Waals surface area contributed by atoms with Gasteiger partial charge in [-0.1, -0.05) is 6.42 Å². The van der Waals surface area contributed by atoms with Crippen molar-refractivity contribution >= 4 is 11.1 Å². The van der Waals surface area contributed by atoms with E-state index in [9.17, 15) is 9.32 Å². The Labute approximate surface area is 87.4 Å². The number of hydrogen-bond donors (Lipinski definition) is 3. The smallest absolute Gasteiger partial charge is 0.152 e. The highest BCUT2D eigenvalue weighted by atomic mass is 32.2. The predicted molar refractivity (Wildman–Crippen MR) is 56.5 cm³/mol. The van der Waals surface area contributed by atoms with Gasteiger partial charge >= 0.3 is 0 Å². The summed E-state index contributed by atoms with van der Waals surface area (Å²) in [4.78, 5) is 0. The van der Waals surface area contributed by atoms with Crippen LogP contribution in [0.4, 0.5) is 0 Å². The largest absolute Gasteiger partial charge is 0.391 e. The Morgan fingerprint density at radius 3 is 2.79 bits per heavy atom. The summed E-state index contributed by atoms with van der Waals surface area (Å²) in [5.74, 6) is 0.454. The minimum atomic E-state index is -1.73. The lowest BCUT2D eigenvalue weighted by Crippen LogP contribution is -2.45. The third-order valence-corrected chi connectivity index (χ3v) is 3.60. The van der Waals surface area contributed by atoms with Gasteiger partial charge in [-0.25, -0.2) is 4.21 Å². The molecule has 0 spiro atoms. The van der Waals surface area contributed by atoms with E-state index >= 15 is 0 Å². The molecule has 1 aliphatic rings. The Hall–Kier alpha value is 0.0300. The van der Waals surface area contributed by atoms with Gasteiger partial charge in [0, 0.05) is 11.8 Å². The van der Waals surface area contributed by atoms with Gasteiger partial charge in [-0.05, 0) is 32.2 Å². The summed E-state index contributed by atoms with van der Waals surface area (Å²) in [7, 11) is 1.85. The van der Waals surface area contributed by atoms with Gasteiger partial charge in [0.05, 0.1) is 6.10 Å². The zero-order valence-electron chi connectivity index (χ0n) is 8.48. The van der Waals surface area contributed by atoms with E-state index < -0.39 is 11.1 Å². The van der Waals surface area contributed by atoms with Crippen molar-refractivity contribution < 1.29 is 13.9 Å². The molecule has 1 saturated carbocycles. The van der Waals surface area contributed by atoms with E-state index in [0.717, 1.165) is 19.3 Å². The van der Waals surface area contributed by atoms with Crippen molar-refractivity contribution in [1.82, 2.24) is 5.32 Å². The Bertz CT molecular complexity index is 200. The fourth-order valence-corrected chi connectivity index (χ4v) is 2.66. The molecule has 14 heavy (non-hydrogen) atoms. The van der Waals surface area contributed by atoms with Crippen LogP contribution < -0.4 is 5.32 Å². The quantitative estimate of drug-likeness (QED) is 0.599. The average molecular weight is 221 g/mol. The SMILES string of the molecule is CNC1CCCC(CCS(=O)O)C1O. The maximum Gasteiger partial charge on any atom is 0.152 e. The van der Waals surface area contributed by atoms with Crippen molar-refractivity contribution in [1.29, 1.82) is 0 Å². The summed E-state index contributed by atoms with van der Waals surface area (Å²) >= 11 is -1.73. The first-order chi connectivity index (χ1) is 6.65. The van der Waals surface area contributed by atoms with Gasteiger partial charge in [0.15, 0.2) is 11.1 Å². The number of rotatable bonds is 4. The highest BCUT2D eigenvalue weighted by Crippen LogP contribution is 2.27. The third kappa shape index (κ3) is 3.31. The fraction of sp³-hybridized carbons (Fsp3) is 1.00. The zero-order valence-corrected chi connectivity index (χ0v) is 9.30. The number of aliphatic hydroxyl groups is 1. The van der Waals surface area contributed by atoms with Crippen LogP contribution in [0.3, 0.4) is 0 Å². The van der Waals surface area contributed by atoms with Crippen LogP contribution in [0.5, 0.6) is 0 Å². The molecule has 84 valence electrons. The molecule has 0 aromatic rings. The average Bonchev–Trinajstić information content (AvgIpc) is 2.16. The summed E-state index contributed by atoms with van der Waals surface area (Å²) in [6, 6.07) is 0.154. The number of aliphatic hydroxyl groups excluding tert-OH is 1. The molecule has 0 amide bonds. The molecular formula is C9H19NO3S. The maximum absolute atomic E-state index is 10.5. The Morgan fingerprint density at radius 2 is 2.21 bits per heavy atom. The van der Waals surface area contributed by atoms with Crippen LogP contribution >= 0.6 is 0 Å². The number of likely N-dealkylation sites (N-methyl/N-ethyl adjacent to an activating group) is 1. The second-order valence-electron chi connectivity index (χ2n) is 3.89. The number of nitrogens with one attached hydrogen (secondary N) is 1. The molecule has 0 bridgehead atoms. The molecule has 0 aromatic heterocycles. The monoisotopic (exact) mass is 221 g/mol. The molecule has 1 aliphatic carbocycles. The van der Waals surface area contributed by atoms with Gasteiger partial charge in [-0.15, -0.1) is 0 Å². The molecule has 1 rings (SSSR count). The van der Waals surface area contributed by atoms with Gasteiger partial charge in [-0.3, -0.25) is 0 Å². The van der Waals surface area contributed by atoms with Crippen molar-refractivity contribution in [2.24, 2.45) is 5.92 Å². The van der Waals surface area contributed by atoms with E-state index in [0.29, 0.717) is 6.42 Å². The summed E-state index contributed by atoms with van der Waals surface area (Å²) in [5.41, 5.74) is 0. The van der Waals surface area contributed by atoms with E-state index in [1.807, 2.05) is 7.05 Å². The fourth-order valence-electron chi connectivity index (χ4n) is 2.15. The molecular weight excluding hydrogens is 202 g/mol. The zero-order chi connectivity index (χ0) is 10.6. The van der Waals surface area contributed by atoms with Crippen molar-refractivity contribution in [2.45, 2.75) is 37.8 Å². The highest BCUT2D eigenvalue weighted by molar-refractivity contribution is 7.79. The standard InChI is InChI=1S/C9H19NO3S/c1-10-8-4-2-3-7(9(8)11)5-6-14(12)13/h7-11H,2-6H2,1H3,(H,12,13). The Morgan fingerprint density at radius 1 is 1.50 bits per heavy atom. The van der Waals surface area contributed by atoms with Crippen molar-refractivity contribution in [3.05, 3.63) is 0 Å². The van der Waals surface area contributed by atoms with Gasteiger partial charge in [0.25, 0.3) is 0 Å².